The van der Waals surface area contributed by atoms with Crippen LogP contribution in [0.5, 0.6) is 23.0 Å². The Bertz CT molecular complexity index is 856. The highest BCUT2D eigenvalue weighted by molar-refractivity contribution is 6.31. The predicted octanol–water partition coefficient (Wildman–Crippen LogP) is 3.73. The van der Waals surface area contributed by atoms with Crippen LogP contribution in [-0.4, -0.2) is 39.5 Å². The minimum atomic E-state index is -0.670. The third-order valence-electron chi connectivity index (χ3n) is 3.53. The van der Waals surface area contributed by atoms with Gasteiger partial charge in [0.15, 0.2) is 11.5 Å². The molecular formula is C18H21ClN2O6. The maximum Gasteiger partial charge on any atom is 0.412 e. The molecule has 0 atom stereocenters. The number of halogens is 1. The van der Waals surface area contributed by atoms with E-state index in [1.54, 1.807) is 32.0 Å². The minimum Gasteiger partial charge on any atom is -0.490 e. The molecule has 0 unspecified atom stereocenters. The summed E-state index contributed by atoms with van der Waals surface area (Å²) in [6, 6.07) is 4.84. The molecule has 0 aliphatic heterocycles. The summed E-state index contributed by atoms with van der Waals surface area (Å²) in [4.78, 5) is 24.0. The summed E-state index contributed by atoms with van der Waals surface area (Å²) < 4.78 is 21.6. The van der Waals surface area contributed by atoms with Crippen molar-refractivity contribution in [3.05, 3.63) is 23.2 Å². The van der Waals surface area contributed by atoms with Crippen molar-refractivity contribution in [3.63, 3.8) is 0 Å². The molecule has 0 spiro atoms. The van der Waals surface area contributed by atoms with Gasteiger partial charge in [-0.05, 0) is 32.0 Å². The van der Waals surface area contributed by atoms with E-state index in [1.807, 2.05) is 0 Å². The number of carbonyl (C=O) groups excluding carboxylic acids is 2. The molecule has 0 fully saturated rings. The fraction of sp³-hybridized carbons (Fsp3) is 0.333. The van der Waals surface area contributed by atoms with Gasteiger partial charge in [-0.25, -0.2) is 9.59 Å². The highest BCUT2D eigenvalue weighted by Gasteiger charge is 2.27. The number of hydrogen-bond acceptors (Lipinski definition) is 6. The first-order chi connectivity index (χ1) is 13.0. The number of hydrogen-bond donors (Lipinski definition) is 2. The Kier molecular flexibility index (Phi) is 6.95. The van der Waals surface area contributed by atoms with E-state index in [4.69, 9.17) is 30.5 Å². The lowest BCUT2D eigenvalue weighted by molar-refractivity contribution is 0.195. The first kappa shape index (κ1) is 20.4. The highest BCUT2D eigenvalue weighted by Crippen LogP contribution is 2.51. The lowest BCUT2D eigenvalue weighted by Crippen LogP contribution is -2.27. The molecule has 0 saturated heterocycles. The Morgan fingerprint density at radius 2 is 1.33 bits per heavy atom. The molecule has 0 heterocycles. The highest BCUT2D eigenvalue weighted by atomic mass is 35.5. The summed E-state index contributed by atoms with van der Waals surface area (Å²) in [5.41, 5.74) is 0. The molecule has 2 aromatic carbocycles. The summed E-state index contributed by atoms with van der Waals surface area (Å²) in [5.74, 6) is 0.423. The van der Waals surface area contributed by atoms with Crippen molar-refractivity contribution >= 4 is 34.6 Å². The molecule has 2 aromatic rings. The van der Waals surface area contributed by atoms with Crippen LogP contribution in [0, 0.1) is 0 Å². The van der Waals surface area contributed by atoms with Gasteiger partial charge < -0.3 is 29.6 Å². The van der Waals surface area contributed by atoms with Gasteiger partial charge in [0, 0.05) is 28.9 Å². The van der Waals surface area contributed by atoms with E-state index in [1.165, 1.54) is 14.2 Å². The maximum absolute atomic E-state index is 12.0. The number of nitrogens with one attached hydrogen (secondary N) is 2. The van der Waals surface area contributed by atoms with E-state index in [2.05, 4.69) is 10.6 Å². The molecule has 146 valence electrons. The van der Waals surface area contributed by atoms with Gasteiger partial charge in [-0.1, -0.05) is 11.6 Å². The van der Waals surface area contributed by atoms with Gasteiger partial charge >= 0.3 is 12.2 Å². The summed E-state index contributed by atoms with van der Waals surface area (Å²) in [6.45, 7) is 4.30. The normalized spacial score (nSPS) is 10.3. The number of ether oxygens (including phenoxy) is 4. The van der Waals surface area contributed by atoms with Crippen LogP contribution in [0.2, 0.25) is 5.02 Å². The second kappa shape index (κ2) is 9.18. The Hall–Kier alpha value is -2.87. The number of amides is 2. The molecule has 27 heavy (non-hydrogen) atoms. The van der Waals surface area contributed by atoms with Gasteiger partial charge in [0.05, 0.1) is 14.2 Å². The van der Waals surface area contributed by atoms with E-state index in [0.717, 1.165) is 0 Å². The molecule has 2 rings (SSSR count). The molecular weight excluding hydrogens is 376 g/mol. The number of rotatable bonds is 6. The van der Waals surface area contributed by atoms with Crippen molar-refractivity contribution in [2.75, 3.05) is 27.3 Å². The van der Waals surface area contributed by atoms with Gasteiger partial charge in [0.25, 0.3) is 0 Å². The largest absolute Gasteiger partial charge is 0.490 e. The second-order valence-electron chi connectivity index (χ2n) is 5.25. The number of benzene rings is 2. The fourth-order valence-corrected chi connectivity index (χ4v) is 2.64. The monoisotopic (exact) mass is 396 g/mol. The standard InChI is InChI=1S/C18H21ClN2O6/c1-5-20-17(22)26-13-11-8-7-10(19)9-12(11)14(27-18(23)21-6-2)16(25-4)15(13)24-3/h7-9H,5-6H2,1-4H3,(H,20,22)(H,21,23). The molecule has 0 aromatic heterocycles. The third-order valence-corrected chi connectivity index (χ3v) is 3.76. The third kappa shape index (κ3) is 4.46. The van der Waals surface area contributed by atoms with Crippen molar-refractivity contribution in [1.29, 1.82) is 0 Å². The van der Waals surface area contributed by atoms with Crippen molar-refractivity contribution in [2.24, 2.45) is 0 Å². The van der Waals surface area contributed by atoms with E-state index in [0.29, 0.717) is 28.9 Å². The Morgan fingerprint density at radius 3 is 1.78 bits per heavy atom. The number of carbonyl (C=O) groups is 2. The van der Waals surface area contributed by atoms with E-state index >= 15 is 0 Å². The average molecular weight is 397 g/mol. The fourth-order valence-electron chi connectivity index (χ4n) is 2.47. The van der Waals surface area contributed by atoms with Crippen molar-refractivity contribution in [3.8, 4) is 23.0 Å². The number of fused-ring (bicyclic) bond motifs is 1. The molecule has 2 N–H and O–H groups in total. The van der Waals surface area contributed by atoms with Crippen molar-refractivity contribution < 1.29 is 28.5 Å². The molecule has 0 bridgehead atoms. The van der Waals surface area contributed by atoms with Crippen molar-refractivity contribution in [1.82, 2.24) is 10.6 Å². The first-order valence-corrected chi connectivity index (χ1v) is 8.63. The van der Waals surface area contributed by atoms with Crippen LogP contribution in [0.1, 0.15) is 13.8 Å². The molecule has 8 nitrogen and oxygen atoms in total. The summed E-state index contributed by atoms with van der Waals surface area (Å²) in [5, 5.41) is 6.37. The lowest BCUT2D eigenvalue weighted by Gasteiger charge is -2.19. The van der Waals surface area contributed by atoms with Crippen LogP contribution in [0.3, 0.4) is 0 Å². The summed E-state index contributed by atoms with van der Waals surface area (Å²) >= 11 is 6.12. The van der Waals surface area contributed by atoms with Gasteiger partial charge in [0.1, 0.15) is 0 Å². The topological polar surface area (TPSA) is 95.1 Å². The summed E-state index contributed by atoms with van der Waals surface area (Å²) in [6.07, 6.45) is -1.33. The van der Waals surface area contributed by atoms with Crippen LogP contribution >= 0.6 is 11.6 Å². The maximum atomic E-state index is 12.0. The van der Waals surface area contributed by atoms with Crippen LogP contribution in [0.25, 0.3) is 10.8 Å². The Balaban J connectivity index is 2.75. The van der Waals surface area contributed by atoms with E-state index in [9.17, 15) is 9.59 Å². The molecule has 0 radical (unpaired) electrons. The molecule has 0 aliphatic carbocycles. The zero-order valence-corrected chi connectivity index (χ0v) is 16.2. The van der Waals surface area contributed by atoms with Crippen LogP contribution in [0.4, 0.5) is 9.59 Å². The summed E-state index contributed by atoms with van der Waals surface area (Å²) in [7, 11) is 2.77. The van der Waals surface area contributed by atoms with E-state index in [-0.39, 0.29) is 23.0 Å². The van der Waals surface area contributed by atoms with E-state index < -0.39 is 12.2 Å². The minimum absolute atomic E-state index is 0.0952. The van der Waals surface area contributed by atoms with Crippen LogP contribution < -0.4 is 29.6 Å². The molecule has 9 heteroatoms. The molecule has 0 saturated carbocycles. The lowest BCUT2D eigenvalue weighted by atomic mass is 10.1. The zero-order chi connectivity index (χ0) is 20.0. The molecule has 0 aliphatic rings. The Labute approximate surface area is 161 Å². The average Bonchev–Trinajstić information content (AvgIpc) is 2.63. The van der Waals surface area contributed by atoms with Gasteiger partial charge in [-0.3, -0.25) is 0 Å². The smallest absolute Gasteiger partial charge is 0.412 e. The SMILES string of the molecule is CCNC(=O)Oc1c(OC)c(OC)c(OC(=O)NCC)c2cc(Cl)ccc12. The first-order valence-electron chi connectivity index (χ1n) is 8.25. The van der Waals surface area contributed by atoms with Crippen molar-refractivity contribution in [2.45, 2.75) is 13.8 Å². The molecule has 2 amide bonds. The quantitative estimate of drug-likeness (QED) is 0.772. The van der Waals surface area contributed by atoms with Crippen LogP contribution in [-0.2, 0) is 0 Å². The Morgan fingerprint density at radius 1 is 0.852 bits per heavy atom. The van der Waals surface area contributed by atoms with Gasteiger partial charge in [-0.15, -0.1) is 0 Å². The number of methoxy groups -OCH3 is 2. The van der Waals surface area contributed by atoms with Crippen LogP contribution in [0.15, 0.2) is 18.2 Å². The predicted molar refractivity (Wildman–Crippen MR) is 101 cm³/mol. The zero-order valence-electron chi connectivity index (χ0n) is 15.5. The van der Waals surface area contributed by atoms with Gasteiger partial charge in [0.2, 0.25) is 11.5 Å². The van der Waals surface area contributed by atoms with Gasteiger partial charge in [-0.2, -0.15) is 0 Å². The second-order valence-corrected chi connectivity index (χ2v) is 5.69.